The molecule has 0 bridgehead atoms. The summed E-state index contributed by atoms with van der Waals surface area (Å²) in [7, 11) is 0. The van der Waals surface area contributed by atoms with Crippen LogP contribution in [0.3, 0.4) is 0 Å². The fraction of sp³-hybridized carbons (Fsp3) is 0.625. The Balaban J connectivity index is 2.26. The van der Waals surface area contributed by atoms with Gasteiger partial charge in [0, 0.05) is 23.2 Å². The summed E-state index contributed by atoms with van der Waals surface area (Å²) >= 11 is 6.08. The summed E-state index contributed by atoms with van der Waals surface area (Å²) in [4.78, 5) is 2.44. The maximum Gasteiger partial charge on any atom is 0.120 e. The first-order chi connectivity index (χ1) is 9.67. The molecule has 1 unspecified atom stereocenters. The van der Waals surface area contributed by atoms with Crippen LogP contribution in [0.5, 0.6) is 5.75 Å². The van der Waals surface area contributed by atoms with Gasteiger partial charge >= 0.3 is 0 Å². The minimum absolute atomic E-state index is 0.0433. The average Bonchev–Trinajstić information content (AvgIpc) is 2.48. The normalized spacial score (nSPS) is 18.4. The third-order valence-corrected chi connectivity index (χ3v) is 4.62. The molecule has 0 aliphatic heterocycles. The molecule has 1 aliphatic rings. The highest BCUT2D eigenvalue weighted by Crippen LogP contribution is 2.34. The van der Waals surface area contributed by atoms with Crippen molar-refractivity contribution in [3.8, 4) is 5.75 Å². The minimum Gasteiger partial charge on any atom is -0.508 e. The number of likely N-dealkylation sites (N-methyl/N-ethyl adjacent to an activating group) is 1. The number of phenols is 1. The lowest BCUT2D eigenvalue weighted by Gasteiger charge is -2.39. The van der Waals surface area contributed by atoms with E-state index in [1.807, 2.05) is 6.07 Å². The minimum atomic E-state index is 0.0433. The van der Waals surface area contributed by atoms with Gasteiger partial charge in [0.15, 0.2) is 0 Å². The summed E-state index contributed by atoms with van der Waals surface area (Å²) < 4.78 is 0. The lowest BCUT2D eigenvalue weighted by atomic mass is 9.91. The molecular formula is C16H25ClN2O. The van der Waals surface area contributed by atoms with Crippen LogP contribution in [0.25, 0.3) is 0 Å². The zero-order chi connectivity index (χ0) is 14.5. The number of phenolic OH excluding ortho intramolecular Hbond substituents is 1. The molecule has 1 aromatic rings. The van der Waals surface area contributed by atoms with Crippen molar-refractivity contribution in [2.45, 2.75) is 51.1 Å². The van der Waals surface area contributed by atoms with Crippen molar-refractivity contribution >= 4 is 11.6 Å². The lowest BCUT2D eigenvalue weighted by molar-refractivity contribution is 0.112. The van der Waals surface area contributed by atoms with E-state index in [2.05, 4.69) is 11.8 Å². The molecule has 3 nitrogen and oxygen atoms in total. The van der Waals surface area contributed by atoms with Gasteiger partial charge < -0.3 is 10.8 Å². The SMILES string of the molecule is CCN(C1CCCCC1)C(CN)c1cc(Cl)ccc1O. The molecule has 0 saturated heterocycles. The highest BCUT2D eigenvalue weighted by molar-refractivity contribution is 6.30. The summed E-state index contributed by atoms with van der Waals surface area (Å²) in [5.41, 5.74) is 6.87. The summed E-state index contributed by atoms with van der Waals surface area (Å²) in [5.74, 6) is 0.291. The predicted octanol–water partition coefficient (Wildman–Crippen LogP) is 3.70. The van der Waals surface area contributed by atoms with Crippen molar-refractivity contribution in [3.63, 3.8) is 0 Å². The van der Waals surface area contributed by atoms with Crippen molar-refractivity contribution in [1.82, 2.24) is 4.90 Å². The van der Waals surface area contributed by atoms with E-state index in [-0.39, 0.29) is 6.04 Å². The van der Waals surface area contributed by atoms with E-state index in [9.17, 15) is 5.11 Å². The topological polar surface area (TPSA) is 49.5 Å². The van der Waals surface area contributed by atoms with Crippen molar-refractivity contribution in [1.29, 1.82) is 0 Å². The van der Waals surface area contributed by atoms with E-state index in [4.69, 9.17) is 17.3 Å². The molecule has 1 atom stereocenters. The summed E-state index contributed by atoms with van der Waals surface area (Å²) in [6.07, 6.45) is 6.38. The van der Waals surface area contributed by atoms with Gasteiger partial charge in [-0.25, -0.2) is 0 Å². The molecule has 4 heteroatoms. The molecule has 1 fully saturated rings. The molecule has 2 rings (SSSR count). The molecule has 1 aromatic carbocycles. The number of nitrogens with zero attached hydrogens (tertiary/aromatic N) is 1. The second-order valence-electron chi connectivity index (χ2n) is 5.58. The molecule has 0 amide bonds. The van der Waals surface area contributed by atoms with E-state index >= 15 is 0 Å². The van der Waals surface area contributed by atoms with Gasteiger partial charge in [0.05, 0.1) is 6.04 Å². The van der Waals surface area contributed by atoms with E-state index in [1.165, 1.54) is 32.1 Å². The third-order valence-electron chi connectivity index (χ3n) is 4.38. The first-order valence-electron chi connectivity index (χ1n) is 7.61. The molecule has 20 heavy (non-hydrogen) atoms. The van der Waals surface area contributed by atoms with Crippen LogP contribution in [0.15, 0.2) is 18.2 Å². The van der Waals surface area contributed by atoms with Gasteiger partial charge in [-0.1, -0.05) is 37.8 Å². The standard InChI is InChI=1S/C16H25ClN2O/c1-2-19(13-6-4-3-5-7-13)15(11-18)14-10-12(17)8-9-16(14)20/h8-10,13,15,20H,2-7,11,18H2,1H3. The predicted molar refractivity (Wildman–Crippen MR) is 84.2 cm³/mol. The zero-order valence-electron chi connectivity index (χ0n) is 12.2. The molecular weight excluding hydrogens is 272 g/mol. The first-order valence-corrected chi connectivity index (χ1v) is 7.99. The number of benzene rings is 1. The van der Waals surface area contributed by atoms with Crippen molar-refractivity contribution in [2.24, 2.45) is 5.73 Å². The summed E-state index contributed by atoms with van der Waals surface area (Å²) in [6, 6.07) is 5.84. The Labute approximate surface area is 126 Å². The van der Waals surface area contributed by atoms with Crippen molar-refractivity contribution < 1.29 is 5.11 Å². The number of hydrogen-bond acceptors (Lipinski definition) is 3. The molecule has 0 radical (unpaired) electrons. The maximum absolute atomic E-state index is 10.1. The monoisotopic (exact) mass is 296 g/mol. The summed E-state index contributed by atoms with van der Waals surface area (Å²) in [6.45, 7) is 3.61. The van der Waals surface area contributed by atoms with E-state index in [0.29, 0.717) is 23.4 Å². The van der Waals surface area contributed by atoms with Crippen LogP contribution >= 0.6 is 11.6 Å². The molecule has 3 N–H and O–H groups in total. The van der Waals surface area contributed by atoms with Crippen molar-refractivity contribution in [3.05, 3.63) is 28.8 Å². The molecule has 0 spiro atoms. The van der Waals surface area contributed by atoms with E-state index in [1.54, 1.807) is 12.1 Å². The number of nitrogens with two attached hydrogens (primary N) is 1. The quantitative estimate of drug-likeness (QED) is 0.871. The zero-order valence-corrected chi connectivity index (χ0v) is 12.9. The van der Waals surface area contributed by atoms with Crippen LogP contribution in [0.1, 0.15) is 50.6 Å². The molecule has 1 aliphatic carbocycles. The van der Waals surface area contributed by atoms with Gasteiger partial charge in [-0.3, -0.25) is 4.90 Å². The van der Waals surface area contributed by atoms with Crippen LogP contribution in [-0.4, -0.2) is 29.1 Å². The largest absolute Gasteiger partial charge is 0.508 e. The Morgan fingerprint density at radius 3 is 2.65 bits per heavy atom. The van der Waals surface area contributed by atoms with Crippen LogP contribution < -0.4 is 5.73 Å². The van der Waals surface area contributed by atoms with Crippen LogP contribution in [0, 0.1) is 0 Å². The third kappa shape index (κ3) is 3.46. The second-order valence-corrected chi connectivity index (χ2v) is 6.01. The van der Waals surface area contributed by atoms with Gasteiger partial charge in [0.2, 0.25) is 0 Å². The maximum atomic E-state index is 10.1. The highest BCUT2D eigenvalue weighted by atomic mass is 35.5. The Bertz CT molecular complexity index is 432. The number of halogens is 1. The fourth-order valence-electron chi connectivity index (χ4n) is 3.38. The number of aromatic hydroxyl groups is 1. The van der Waals surface area contributed by atoms with Gasteiger partial charge in [-0.2, -0.15) is 0 Å². The van der Waals surface area contributed by atoms with Crippen LogP contribution in [0.2, 0.25) is 5.02 Å². The van der Waals surface area contributed by atoms with Gasteiger partial charge in [0.25, 0.3) is 0 Å². The Morgan fingerprint density at radius 2 is 2.05 bits per heavy atom. The summed E-state index contributed by atoms with van der Waals surface area (Å²) in [5, 5.41) is 10.8. The smallest absolute Gasteiger partial charge is 0.120 e. The highest BCUT2D eigenvalue weighted by Gasteiger charge is 2.28. The number of rotatable bonds is 5. The molecule has 0 heterocycles. The molecule has 112 valence electrons. The second kappa shape index (κ2) is 7.30. The van der Waals surface area contributed by atoms with Crippen LogP contribution in [0.4, 0.5) is 0 Å². The van der Waals surface area contributed by atoms with Gasteiger partial charge in [-0.15, -0.1) is 0 Å². The molecule has 1 saturated carbocycles. The van der Waals surface area contributed by atoms with E-state index < -0.39 is 0 Å². The molecule has 0 aromatic heterocycles. The lowest BCUT2D eigenvalue weighted by Crippen LogP contribution is -2.42. The van der Waals surface area contributed by atoms with E-state index in [0.717, 1.165) is 12.1 Å². The van der Waals surface area contributed by atoms with Gasteiger partial charge in [0.1, 0.15) is 5.75 Å². The van der Waals surface area contributed by atoms with Crippen LogP contribution in [-0.2, 0) is 0 Å². The first kappa shape index (κ1) is 15.6. The van der Waals surface area contributed by atoms with Crippen molar-refractivity contribution in [2.75, 3.05) is 13.1 Å². The number of hydrogen-bond donors (Lipinski definition) is 2. The van der Waals surface area contributed by atoms with Gasteiger partial charge in [-0.05, 0) is 37.6 Å². The average molecular weight is 297 g/mol. The Hall–Kier alpha value is -0.770. The fourth-order valence-corrected chi connectivity index (χ4v) is 3.56. The Kier molecular flexibility index (Phi) is 5.70. The Morgan fingerprint density at radius 1 is 1.35 bits per heavy atom.